The molecule has 1 rings (SSSR count). The molecule has 0 saturated carbocycles. The lowest BCUT2D eigenvalue weighted by Gasteiger charge is -2.42. The molecule has 0 aliphatic rings. The number of aliphatic hydroxyl groups excluding tert-OH is 1. The molecule has 0 spiro atoms. The van der Waals surface area contributed by atoms with Crippen molar-refractivity contribution in [2.45, 2.75) is 56.3 Å². The standard InChI is InChI=1S/C23H30O2SSi/c1-8-9-10-14-18-23(5,25-27(6,7)22(2,3)4)21(17-19-24)26-20-15-12-11-13-16-20/h1,9-13,15-17,24H,19H2,2-7H3/b10-9-,21-17-. The van der Waals surface area contributed by atoms with Crippen molar-refractivity contribution in [3.8, 4) is 24.2 Å². The molecule has 2 nitrogen and oxygen atoms in total. The van der Waals surface area contributed by atoms with Crippen LogP contribution in [0.25, 0.3) is 0 Å². The third-order valence-corrected chi connectivity index (χ3v) is 10.4. The van der Waals surface area contributed by atoms with Gasteiger partial charge in [0.15, 0.2) is 8.32 Å². The van der Waals surface area contributed by atoms with Crippen LogP contribution in [0.15, 0.2) is 58.4 Å². The quantitative estimate of drug-likeness (QED) is 0.383. The number of terminal acetylenes is 1. The van der Waals surface area contributed by atoms with Gasteiger partial charge >= 0.3 is 0 Å². The van der Waals surface area contributed by atoms with Crippen LogP contribution in [0.5, 0.6) is 0 Å². The first kappa shape index (κ1) is 23.3. The van der Waals surface area contributed by atoms with E-state index < -0.39 is 13.9 Å². The first-order chi connectivity index (χ1) is 12.6. The molecule has 0 aliphatic heterocycles. The smallest absolute Gasteiger partial charge is 0.194 e. The van der Waals surface area contributed by atoms with Crippen LogP contribution in [-0.4, -0.2) is 25.6 Å². The maximum absolute atomic E-state index is 9.62. The highest BCUT2D eigenvalue weighted by molar-refractivity contribution is 8.03. The van der Waals surface area contributed by atoms with Gasteiger partial charge in [-0.25, -0.2) is 0 Å². The van der Waals surface area contributed by atoms with Crippen molar-refractivity contribution < 1.29 is 9.53 Å². The molecule has 4 heteroatoms. The summed E-state index contributed by atoms with van der Waals surface area (Å²) in [4.78, 5) is 1.95. The second-order valence-electron chi connectivity index (χ2n) is 7.83. The van der Waals surface area contributed by atoms with Gasteiger partial charge in [0.25, 0.3) is 0 Å². The fraction of sp³-hybridized carbons (Fsp3) is 0.391. The van der Waals surface area contributed by atoms with Crippen molar-refractivity contribution in [2.24, 2.45) is 0 Å². The fourth-order valence-electron chi connectivity index (χ4n) is 2.10. The molecule has 1 aromatic carbocycles. The predicted octanol–water partition coefficient (Wildman–Crippen LogP) is 5.63. The van der Waals surface area contributed by atoms with E-state index >= 15 is 0 Å². The van der Waals surface area contributed by atoms with Crippen LogP contribution in [0, 0.1) is 24.2 Å². The molecule has 27 heavy (non-hydrogen) atoms. The largest absolute Gasteiger partial charge is 0.397 e. The summed E-state index contributed by atoms with van der Waals surface area (Å²) in [6.07, 6.45) is 10.3. The number of hydrogen-bond acceptors (Lipinski definition) is 3. The Morgan fingerprint density at radius 2 is 1.81 bits per heavy atom. The molecule has 0 heterocycles. The van der Waals surface area contributed by atoms with E-state index in [0.29, 0.717) is 0 Å². The summed E-state index contributed by atoms with van der Waals surface area (Å²) in [6, 6.07) is 10.0. The number of benzene rings is 1. The van der Waals surface area contributed by atoms with Crippen molar-refractivity contribution in [1.82, 2.24) is 0 Å². The predicted molar refractivity (Wildman–Crippen MR) is 120 cm³/mol. The molecule has 144 valence electrons. The highest BCUT2D eigenvalue weighted by Crippen LogP contribution is 2.44. The number of thioether (sulfide) groups is 1. The number of allylic oxidation sites excluding steroid dienone is 2. The monoisotopic (exact) mass is 398 g/mol. The Morgan fingerprint density at radius 1 is 1.19 bits per heavy atom. The maximum Gasteiger partial charge on any atom is 0.194 e. The summed E-state index contributed by atoms with van der Waals surface area (Å²) in [5, 5.41) is 9.66. The topological polar surface area (TPSA) is 29.5 Å². The minimum absolute atomic E-state index is 0.0341. The van der Waals surface area contributed by atoms with Crippen LogP contribution in [0.3, 0.4) is 0 Å². The van der Waals surface area contributed by atoms with Crippen LogP contribution in [-0.2, 0) is 4.43 Å². The van der Waals surface area contributed by atoms with Crippen molar-refractivity contribution in [2.75, 3.05) is 6.61 Å². The van der Waals surface area contributed by atoms with Gasteiger partial charge in [-0.3, -0.25) is 0 Å². The fourth-order valence-corrected chi connectivity index (χ4v) is 4.66. The van der Waals surface area contributed by atoms with Gasteiger partial charge < -0.3 is 9.53 Å². The van der Waals surface area contributed by atoms with Crippen molar-refractivity contribution >= 4 is 20.1 Å². The summed E-state index contributed by atoms with van der Waals surface area (Å²) in [7, 11) is -2.12. The molecule has 0 aliphatic carbocycles. The lowest BCUT2D eigenvalue weighted by Crippen LogP contribution is -2.48. The average molecular weight is 399 g/mol. The van der Waals surface area contributed by atoms with Crippen LogP contribution in [0.1, 0.15) is 27.7 Å². The minimum atomic E-state index is -2.12. The van der Waals surface area contributed by atoms with E-state index in [-0.39, 0.29) is 11.6 Å². The molecule has 1 N–H and O–H groups in total. The molecule has 1 unspecified atom stereocenters. The third-order valence-electron chi connectivity index (χ3n) is 4.56. The average Bonchev–Trinajstić information content (AvgIpc) is 2.58. The lowest BCUT2D eigenvalue weighted by atomic mass is 10.1. The summed E-state index contributed by atoms with van der Waals surface area (Å²) in [5.41, 5.74) is -0.842. The van der Waals surface area contributed by atoms with Gasteiger partial charge in [0.1, 0.15) is 5.60 Å². The molecular weight excluding hydrogens is 368 g/mol. The number of rotatable bonds is 6. The third kappa shape index (κ3) is 7.09. The Kier molecular flexibility index (Phi) is 8.66. The second-order valence-corrected chi connectivity index (χ2v) is 13.7. The Hall–Kier alpha value is -1.69. The van der Waals surface area contributed by atoms with Gasteiger partial charge in [-0.15, -0.1) is 6.42 Å². The molecule has 1 atom stereocenters. The van der Waals surface area contributed by atoms with Gasteiger partial charge in [-0.1, -0.05) is 68.5 Å². The molecule has 1 aromatic rings. The first-order valence-corrected chi connectivity index (χ1v) is 12.7. The zero-order chi connectivity index (χ0) is 20.6. The Morgan fingerprint density at radius 3 is 2.33 bits per heavy atom. The summed E-state index contributed by atoms with van der Waals surface area (Å²) < 4.78 is 6.74. The molecule has 0 bridgehead atoms. The van der Waals surface area contributed by atoms with Crippen LogP contribution in [0.2, 0.25) is 18.1 Å². The first-order valence-electron chi connectivity index (χ1n) is 8.94. The SMILES string of the molecule is C#C/C=C\C#CC(C)(O[Si](C)(C)C(C)(C)C)/C(=C/CO)Sc1ccccc1. The minimum Gasteiger partial charge on any atom is -0.397 e. The summed E-state index contributed by atoms with van der Waals surface area (Å²) >= 11 is 1.57. The van der Waals surface area contributed by atoms with Gasteiger partial charge in [-0.2, -0.15) is 0 Å². The van der Waals surface area contributed by atoms with Crippen molar-refractivity contribution in [1.29, 1.82) is 0 Å². The van der Waals surface area contributed by atoms with E-state index in [1.54, 1.807) is 30.0 Å². The van der Waals surface area contributed by atoms with Crippen LogP contribution < -0.4 is 0 Å². The van der Waals surface area contributed by atoms with Crippen molar-refractivity contribution in [3.05, 3.63) is 53.5 Å². The number of aliphatic hydroxyl groups is 1. The Bertz CT molecular complexity index is 771. The van der Waals surface area contributed by atoms with Crippen molar-refractivity contribution in [3.63, 3.8) is 0 Å². The van der Waals surface area contributed by atoms with E-state index in [0.717, 1.165) is 9.80 Å². The summed E-state index contributed by atoms with van der Waals surface area (Å²) in [5.74, 6) is 8.70. The highest BCUT2D eigenvalue weighted by atomic mass is 32.2. The van der Waals surface area contributed by atoms with Crippen LogP contribution >= 0.6 is 11.8 Å². The molecule has 0 saturated heterocycles. The van der Waals surface area contributed by atoms with E-state index in [2.05, 4.69) is 51.6 Å². The van der Waals surface area contributed by atoms with Crippen LogP contribution in [0.4, 0.5) is 0 Å². The second kappa shape index (κ2) is 10.0. The van der Waals surface area contributed by atoms with Gasteiger partial charge in [-0.05, 0) is 55.4 Å². The highest BCUT2D eigenvalue weighted by Gasteiger charge is 2.44. The van der Waals surface area contributed by atoms with E-state index in [9.17, 15) is 5.11 Å². The zero-order valence-electron chi connectivity index (χ0n) is 17.2. The molecule has 0 amide bonds. The lowest BCUT2D eigenvalue weighted by molar-refractivity contribution is 0.175. The molecule has 0 fully saturated rings. The maximum atomic E-state index is 9.62. The van der Waals surface area contributed by atoms with Gasteiger partial charge in [0, 0.05) is 9.80 Å². The van der Waals surface area contributed by atoms with Gasteiger partial charge in [0.2, 0.25) is 0 Å². The van der Waals surface area contributed by atoms with E-state index in [4.69, 9.17) is 10.8 Å². The summed E-state index contributed by atoms with van der Waals surface area (Å²) in [6.45, 7) is 12.9. The zero-order valence-corrected chi connectivity index (χ0v) is 19.0. The van der Waals surface area contributed by atoms with E-state index in [1.165, 1.54) is 0 Å². The van der Waals surface area contributed by atoms with Gasteiger partial charge in [0.05, 0.1) is 6.61 Å². The number of hydrogen-bond donors (Lipinski definition) is 1. The molecular formula is C23H30O2SSi. The Labute approximate surface area is 170 Å². The molecule has 0 aromatic heterocycles. The van der Waals surface area contributed by atoms with E-state index in [1.807, 2.05) is 37.3 Å². The molecule has 0 radical (unpaired) electrons. The Balaban J connectivity index is 3.39. The normalized spacial score (nSPS) is 15.0.